The maximum Gasteiger partial charge on any atom is 0.341 e. The lowest BCUT2D eigenvalue weighted by Crippen LogP contribution is -2.09. The summed E-state index contributed by atoms with van der Waals surface area (Å²) in [5.41, 5.74) is 0.832. The first-order valence-corrected chi connectivity index (χ1v) is 9.67. The first kappa shape index (κ1) is 21.5. The van der Waals surface area contributed by atoms with E-state index < -0.39 is 26.8 Å². The molecule has 0 amide bonds. The summed E-state index contributed by atoms with van der Waals surface area (Å²) in [5, 5.41) is 0. The normalized spacial score (nSPS) is 14.6. The lowest BCUT2D eigenvalue weighted by Gasteiger charge is -2.40. The number of hydrogen-bond acceptors (Lipinski definition) is 4. The largest absolute Gasteiger partial charge is 0.503 e. The van der Waals surface area contributed by atoms with E-state index in [1.165, 1.54) is 14.2 Å². The summed E-state index contributed by atoms with van der Waals surface area (Å²) >= 11 is 0. The van der Waals surface area contributed by atoms with Crippen LogP contribution in [0.2, 0.25) is 0 Å². The minimum absolute atomic E-state index is 0.0601. The zero-order valence-corrected chi connectivity index (χ0v) is 15.7. The maximum absolute atomic E-state index is 12.9. The molecule has 0 spiro atoms. The van der Waals surface area contributed by atoms with E-state index in [1.54, 1.807) is 24.3 Å². The second kappa shape index (κ2) is 7.01. The molecule has 0 aliphatic rings. The zero-order chi connectivity index (χ0) is 21.1. The molecule has 0 fully saturated rings. The number of methoxy groups -OCH3 is 2. The molecule has 0 aromatic heterocycles. The highest BCUT2D eigenvalue weighted by Crippen LogP contribution is 3.02. The van der Waals surface area contributed by atoms with E-state index in [0.717, 1.165) is 18.4 Å². The van der Waals surface area contributed by atoms with Crippen molar-refractivity contribution in [2.75, 3.05) is 14.2 Å². The molecule has 28 heavy (non-hydrogen) atoms. The second-order valence-corrected chi connectivity index (χ2v) is 8.06. The summed E-state index contributed by atoms with van der Waals surface area (Å²) in [6.45, 7) is -0.280. The van der Waals surface area contributed by atoms with Crippen molar-refractivity contribution in [3.63, 3.8) is 0 Å². The number of ether oxygens (including phenoxy) is 3. The van der Waals surface area contributed by atoms with Gasteiger partial charge >= 0.3 is 16.2 Å². The number of halogens is 5. The van der Waals surface area contributed by atoms with E-state index in [1.807, 2.05) is 0 Å². The lowest BCUT2D eigenvalue weighted by atomic mass is 10.0. The van der Waals surface area contributed by atoms with Crippen LogP contribution < -0.4 is 4.74 Å². The van der Waals surface area contributed by atoms with Crippen molar-refractivity contribution in [3.05, 3.63) is 65.9 Å². The van der Waals surface area contributed by atoms with Gasteiger partial charge in [-0.1, -0.05) is 49.8 Å². The van der Waals surface area contributed by atoms with Crippen LogP contribution >= 0.6 is 10.2 Å². The van der Waals surface area contributed by atoms with Crippen LogP contribution in [-0.4, -0.2) is 20.2 Å². The van der Waals surface area contributed by atoms with Gasteiger partial charge in [-0.25, -0.2) is 4.79 Å². The van der Waals surface area contributed by atoms with Gasteiger partial charge < -0.3 is 14.2 Å². The van der Waals surface area contributed by atoms with E-state index in [4.69, 9.17) is 9.47 Å². The fourth-order valence-corrected chi connectivity index (χ4v) is 3.00. The van der Waals surface area contributed by atoms with Gasteiger partial charge in [0.2, 0.25) is 0 Å². The zero-order valence-electron chi connectivity index (χ0n) is 14.8. The number of carbonyl (C=O) groups is 1. The Balaban J connectivity index is 2.33. The number of rotatable bonds is 7. The van der Waals surface area contributed by atoms with E-state index in [9.17, 15) is 24.2 Å². The SMILES string of the molecule is CO/C=C(\C(=O)OC)c1ccccc1COc1cccc(S(F)(F)(F)(F)F)c1. The standard InChI is InChI=1S/C18H17F5O4S/c1-25-12-17(18(24)26-2)16-9-4-3-6-13(16)11-27-14-7-5-8-15(10-14)28(19,20,21,22)23/h3-10,12H,11H2,1-2H3/b17-12-. The number of esters is 1. The molecule has 0 unspecified atom stereocenters. The Kier molecular flexibility index (Phi) is 5.39. The van der Waals surface area contributed by atoms with Crippen molar-refractivity contribution in [2.24, 2.45) is 0 Å². The Morgan fingerprint density at radius 1 is 1.00 bits per heavy atom. The maximum atomic E-state index is 12.9. The Morgan fingerprint density at radius 2 is 1.68 bits per heavy atom. The first-order chi connectivity index (χ1) is 12.9. The molecule has 2 aromatic carbocycles. The van der Waals surface area contributed by atoms with Crippen LogP contribution in [0.5, 0.6) is 5.75 Å². The van der Waals surface area contributed by atoms with Gasteiger partial charge in [-0.2, -0.15) is 0 Å². The summed E-state index contributed by atoms with van der Waals surface area (Å²) in [4.78, 5) is 9.90. The van der Waals surface area contributed by atoms with Crippen LogP contribution in [0.25, 0.3) is 5.57 Å². The highest BCUT2D eigenvalue weighted by atomic mass is 32.5. The Bertz CT molecular complexity index is 910. The van der Waals surface area contributed by atoms with E-state index in [0.29, 0.717) is 17.2 Å². The summed E-state index contributed by atoms with van der Waals surface area (Å²) in [6.07, 6.45) is 1.15. The summed E-state index contributed by atoms with van der Waals surface area (Å²) in [7, 11) is -7.31. The average molecular weight is 424 g/mol. The Hall–Kier alpha value is -2.75. The molecule has 0 heterocycles. The van der Waals surface area contributed by atoms with Gasteiger partial charge in [0, 0.05) is 6.07 Å². The van der Waals surface area contributed by atoms with Crippen molar-refractivity contribution < 1.29 is 38.4 Å². The fraction of sp³-hybridized carbons (Fsp3) is 0.167. The van der Waals surface area contributed by atoms with Gasteiger partial charge in [-0.15, -0.1) is 0 Å². The molecule has 0 N–H and O–H groups in total. The number of hydrogen-bond donors (Lipinski definition) is 0. The Labute approximate surface area is 158 Å². The van der Waals surface area contributed by atoms with Gasteiger partial charge in [0.1, 0.15) is 22.8 Å². The van der Waals surface area contributed by atoms with Crippen molar-refractivity contribution >= 4 is 21.8 Å². The summed E-state index contributed by atoms with van der Waals surface area (Å²) in [6, 6.07) is 8.87. The van der Waals surface area contributed by atoms with Crippen molar-refractivity contribution in [3.8, 4) is 5.75 Å². The van der Waals surface area contributed by atoms with Crippen LogP contribution in [0.4, 0.5) is 19.4 Å². The molecular formula is C18H17F5O4S. The monoisotopic (exact) mass is 424 g/mol. The molecule has 10 heteroatoms. The molecule has 0 aliphatic heterocycles. The Morgan fingerprint density at radius 3 is 2.29 bits per heavy atom. The molecule has 0 radical (unpaired) electrons. The number of benzene rings is 2. The topological polar surface area (TPSA) is 44.8 Å². The molecule has 0 bridgehead atoms. The summed E-state index contributed by atoms with van der Waals surface area (Å²) in [5.74, 6) is -1.09. The molecule has 0 aliphatic carbocycles. The molecule has 2 aromatic rings. The van der Waals surface area contributed by atoms with E-state index in [-0.39, 0.29) is 18.2 Å². The quantitative estimate of drug-likeness (QED) is 0.234. The van der Waals surface area contributed by atoms with Crippen LogP contribution in [0.1, 0.15) is 11.1 Å². The van der Waals surface area contributed by atoms with Crippen LogP contribution in [-0.2, 0) is 20.9 Å². The van der Waals surface area contributed by atoms with Crippen LogP contribution in [0.15, 0.2) is 59.7 Å². The lowest BCUT2D eigenvalue weighted by molar-refractivity contribution is -0.133. The highest BCUT2D eigenvalue weighted by molar-refractivity contribution is 8.45. The predicted molar refractivity (Wildman–Crippen MR) is 95.6 cm³/mol. The van der Waals surface area contributed by atoms with Gasteiger partial charge in [-0.3, -0.25) is 0 Å². The van der Waals surface area contributed by atoms with E-state index >= 15 is 0 Å². The van der Waals surface area contributed by atoms with Crippen molar-refractivity contribution in [1.29, 1.82) is 0 Å². The third kappa shape index (κ3) is 5.38. The minimum Gasteiger partial charge on any atom is -0.503 e. The summed E-state index contributed by atoms with van der Waals surface area (Å²) < 4.78 is 79.5. The van der Waals surface area contributed by atoms with E-state index in [2.05, 4.69) is 4.74 Å². The van der Waals surface area contributed by atoms with Gasteiger partial charge in [0.05, 0.1) is 20.5 Å². The molecule has 0 saturated carbocycles. The van der Waals surface area contributed by atoms with Gasteiger partial charge in [-0.05, 0) is 23.3 Å². The minimum atomic E-state index is -9.81. The van der Waals surface area contributed by atoms with Crippen molar-refractivity contribution in [1.82, 2.24) is 0 Å². The smallest absolute Gasteiger partial charge is 0.341 e. The average Bonchev–Trinajstić information content (AvgIpc) is 2.62. The van der Waals surface area contributed by atoms with Gasteiger partial charge in [0.25, 0.3) is 0 Å². The molecule has 0 atom stereocenters. The first-order valence-electron chi connectivity index (χ1n) is 7.72. The predicted octanol–water partition coefficient (Wildman–Crippen LogP) is 6.08. The molecular weight excluding hydrogens is 407 g/mol. The fourth-order valence-electron chi connectivity index (χ4n) is 2.32. The molecule has 2 rings (SSSR count). The third-order valence-electron chi connectivity index (χ3n) is 3.59. The van der Waals surface area contributed by atoms with Crippen LogP contribution in [0.3, 0.4) is 0 Å². The molecule has 4 nitrogen and oxygen atoms in total. The van der Waals surface area contributed by atoms with Gasteiger partial charge in [0.15, 0.2) is 0 Å². The highest BCUT2D eigenvalue weighted by Gasteiger charge is 2.65. The second-order valence-electron chi connectivity index (χ2n) is 5.65. The molecule has 0 saturated heterocycles. The van der Waals surface area contributed by atoms with Crippen molar-refractivity contribution in [2.45, 2.75) is 11.5 Å². The number of carbonyl (C=O) groups excluding carboxylic acids is 1. The third-order valence-corrected chi connectivity index (χ3v) is 4.74. The van der Waals surface area contributed by atoms with Crippen LogP contribution in [0, 0.1) is 0 Å². The molecule has 154 valence electrons.